The maximum absolute atomic E-state index is 10.4. The van der Waals surface area contributed by atoms with Crippen LogP contribution in [0.2, 0.25) is 0 Å². The van der Waals surface area contributed by atoms with Crippen LogP contribution >= 0.6 is 0 Å². The second kappa shape index (κ2) is 9.69. The Balaban J connectivity index is 1.23. The first kappa shape index (κ1) is 25.4. The molecule has 0 spiro atoms. The van der Waals surface area contributed by atoms with Crippen LogP contribution in [-0.2, 0) is 0 Å². The normalized spacial score (nSPS) is 37.2. The number of aromatic hydroxyl groups is 2. The van der Waals surface area contributed by atoms with Crippen LogP contribution in [0, 0.1) is 47.3 Å². The van der Waals surface area contributed by atoms with Gasteiger partial charge in [-0.05, 0) is 159 Å². The molecule has 0 radical (unpaired) electrons. The molecule has 3 aromatic rings. The molecule has 0 aliphatic heterocycles. The van der Waals surface area contributed by atoms with Gasteiger partial charge in [0.25, 0.3) is 0 Å². The zero-order valence-corrected chi connectivity index (χ0v) is 24.3. The molecular formula is C38H42O4. The minimum absolute atomic E-state index is 0.213. The summed E-state index contributed by atoms with van der Waals surface area (Å²) < 4.78 is 13.8. The molecule has 2 N–H and O–H groups in total. The van der Waals surface area contributed by atoms with Gasteiger partial charge in [0.15, 0.2) is 0 Å². The quantitative estimate of drug-likeness (QED) is 0.314. The molecule has 0 aromatic heterocycles. The van der Waals surface area contributed by atoms with E-state index in [4.69, 9.17) is 9.47 Å². The zero-order valence-electron chi connectivity index (χ0n) is 24.3. The van der Waals surface area contributed by atoms with Crippen molar-refractivity contribution < 1.29 is 19.7 Å². The van der Waals surface area contributed by atoms with E-state index in [1.807, 2.05) is 24.3 Å². The van der Waals surface area contributed by atoms with Gasteiger partial charge in [-0.2, -0.15) is 0 Å². The first-order chi connectivity index (χ1) is 20.5. The van der Waals surface area contributed by atoms with Gasteiger partial charge in [-0.15, -0.1) is 0 Å². The molecule has 0 unspecified atom stereocenters. The van der Waals surface area contributed by atoms with Crippen molar-refractivity contribution in [2.75, 3.05) is 0 Å². The highest BCUT2D eigenvalue weighted by Gasteiger charge is 2.53. The van der Waals surface area contributed by atoms with Crippen LogP contribution in [0.3, 0.4) is 0 Å². The summed E-state index contributed by atoms with van der Waals surface area (Å²) in [5.41, 5.74) is 2.63. The number of ether oxygens (including phenoxy) is 2. The van der Waals surface area contributed by atoms with Crippen molar-refractivity contribution in [3.05, 3.63) is 71.8 Å². The summed E-state index contributed by atoms with van der Waals surface area (Å²) in [5.74, 6) is 11.0. The molecule has 3 aromatic carbocycles. The average Bonchev–Trinajstić information content (AvgIpc) is 2.94. The van der Waals surface area contributed by atoms with E-state index in [-0.39, 0.29) is 11.5 Å². The summed E-state index contributed by atoms with van der Waals surface area (Å²) in [5, 5.41) is 20.7. The topological polar surface area (TPSA) is 58.9 Å². The van der Waals surface area contributed by atoms with Crippen molar-refractivity contribution in [2.24, 2.45) is 47.3 Å². The zero-order chi connectivity index (χ0) is 27.9. The fourth-order valence-electron chi connectivity index (χ4n) is 11.5. The maximum Gasteiger partial charge on any atom is 0.138 e. The second-order valence-electron chi connectivity index (χ2n) is 15.0. The third-order valence-electron chi connectivity index (χ3n) is 12.4. The Morgan fingerprint density at radius 3 is 1.48 bits per heavy atom. The minimum Gasteiger partial charge on any atom is -0.508 e. The van der Waals surface area contributed by atoms with Crippen molar-refractivity contribution in [2.45, 2.75) is 76.0 Å². The van der Waals surface area contributed by atoms with Gasteiger partial charge in [-0.3, -0.25) is 0 Å². The summed E-state index contributed by atoms with van der Waals surface area (Å²) in [7, 11) is 0. The molecule has 8 aliphatic rings. The first-order valence-electron chi connectivity index (χ1n) is 16.6. The average molecular weight is 563 g/mol. The monoisotopic (exact) mass is 562 g/mol. The number of benzene rings is 3. The highest BCUT2D eigenvalue weighted by atomic mass is 16.5. The van der Waals surface area contributed by atoms with Crippen LogP contribution in [0.4, 0.5) is 0 Å². The summed E-state index contributed by atoms with van der Waals surface area (Å²) in [6, 6.07) is 19.1. The van der Waals surface area contributed by atoms with Gasteiger partial charge >= 0.3 is 0 Å². The fourth-order valence-corrected chi connectivity index (χ4v) is 11.5. The van der Waals surface area contributed by atoms with E-state index >= 15 is 0 Å². The van der Waals surface area contributed by atoms with E-state index in [0.29, 0.717) is 35.2 Å². The van der Waals surface area contributed by atoms with Crippen LogP contribution in [0.25, 0.3) is 0 Å². The van der Waals surface area contributed by atoms with Crippen LogP contribution in [0.15, 0.2) is 60.7 Å². The molecule has 0 atom stereocenters. The fraction of sp³-hybridized carbons (Fsp3) is 0.526. The van der Waals surface area contributed by atoms with Gasteiger partial charge in [0, 0.05) is 17.7 Å². The Morgan fingerprint density at radius 2 is 0.976 bits per heavy atom. The summed E-state index contributed by atoms with van der Waals surface area (Å²) in [6.45, 7) is 0. The SMILES string of the molecule is Oc1cccc(Oc2ccc(C3C4CC5CC(C4)CC3C5)c(Oc3cccc(O)c3)c2C2C3CC4CC(C3)CC2C4)c1. The van der Waals surface area contributed by atoms with Crippen molar-refractivity contribution in [1.82, 2.24) is 0 Å². The predicted molar refractivity (Wildman–Crippen MR) is 162 cm³/mol. The van der Waals surface area contributed by atoms with Crippen LogP contribution < -0.4 is 9.47 Å². The highest BCUT2D eigenvalue weighted by molar-refractivity contribution is 5.58. The largest absolute Gasteiger partial charge is 0.508 e. The molecule has 4 heteroatoms. The highest BCUT2D eigenvalue weighted by Crippen LogP contribution is 2.65. The molecule has 0 heterocycles. The maximum atomic E-state index is 10.4. The van der Waals surface area contributed by atoms with E-state index in [2.05, 4.69) is 12.1 Å². The molecule has 8 aliphatic carbocycles. The van der Waals surface area contributed by atoms with E-state index < -0.39 is 0 Å². The Morgan fingerprint density at radius 1 is 0.500 bits per heavy atom. The van der Waals surface area contributed by atoms with Crippen LogP contribution in [0.1, 0.15) is 87.2 Å². The second-order valence-corrected chi connectivity index (χ2v) is 15.0. The standard InChI is InChI=1S/C38H42O4/c39-29-3-1-5-31(19-29)41-34-8-7-33(35-25-11-21-9-22(13-25)14-26(35)12-21)38(42-32-6-2-4-30(40)20-32)37(34)36-27-15-23-10-24(17-27)18-28(36)16-23/h1-8,19-28,35-36,39-40H,9-18H2. The molecule has 4 nitrogen and oxygen atoms in total. The molecule has 0 saturated heterocycles. The predicted octanol–water partition coefficient (Wildman–Crippen LogP) is 9.76. The van der Waals surface area contributed by atoms with Crippen LogP contribution in [0.5, 0.6) is 34.5 Å². The Hall–Kier alpha value is -3.14. The lowest BCUT2D eigenvalue weighted by molar-refractivity contribution is -0.00655. The molecule has 8 saturated carbocycles. The molecule has 8 bridgehead atoms. The van der Waals surface area contributed by atoms with Crippen molar-refractivity contribution in [3.63, 3.8) is 0 Å². The minimum atomic E-state index is 0.213. The molecule has 0 amide bonds. The first-order valence-corrected chi connectivity index (χ1v) is 16.6. The van der Waals surface area contributed by atoms with Crippen molar-refractivity contribution in [1.29, 1.82) is 0 Å². The van der Waals surface area contributed by atoms with Gasteiger partial charge in [-0.25, -0.2) is 0 Å². The van der Waals surface area contributed by atoms with Gasteiger partial charge in [0.2, 0.25) is 0 Å². The summed E-state index contributed by atoms with van der Waals surface area (Å²) >= 11 is 0. The van der Waals surface area contributed by atoms with Gasteiger partial charge in [0.1, 0.15) is 34.5 Å². The smallest absolute Gasteiger partial charge is 0.138 e. The lowest BCUT2D eigenvalue weighted by atomic mass is 9.49. The third kappa shape index (κ3) is 4.23. The number of phenolic OH excluding ortho intramolecular Hbond substituents is 2. The van der Waals surface area contributed by atoms with Crippen molar-refractivity contribution in [3.8, 4) is 34.5 Å². The number of rotatable bonds is 6. The van der Waals surface area contributed by atoms with Gasteiger partial charge < -0.3 is 19.7 Å². The van der Waals surface area contributed by atoms with E-state index in [9.17, 15) is 10.2 Å². The molecular weight excluding hydrogens is 520 g/mol. The Bertz CT molecular complexity index is 1450. The van der Waals surface area contributed by atoms with E-state index in [0.717, 1.165) is 47.0 Å². The Labute approximate surface area is 249 Å². The molecule has 42 heavy (non-hydrogen) atoms. The Kier molecular flexibility index (Phi) is 5.85. The lowest BCUT2D eigenvalue weighted by Crippen LogP contribution is -2.45. The van der Waals surface area contributed by atoms with Crippen LogP contribution in [-0.4, -0.2) is 10.2 Å². The number of hydrogen-bond donors (Lipinski definition) is 2. The third-order valence-corrected chi connectivity index (χ3v) is 12.4. The van der Waals surface area contributed by atoms with Crippen molar-refractivity contribution >= 4 is 0 Å². The summed E-state index contributed by atoms with van der Waals surface area (Å²) in [4.78, 5) is 0. The van der Waals surface area contributed by atoms with Gasteiger partial charge in [0.05, 0.1) is 0 Å². The number of phenols is 2. The molecule has 11 rings (SSSR count). The summed E-state index contributed by atoms with van der Waals surface area (Å²) in [6.07, 6.45) is 13.6. The van der Waals surface area contributed by atoms with E-state index in [1.54, 1.807) is 24.3 Å². The molecule has 8 fully saturated rings. The molecule has 218 valence electrons. The number of hydrogen-bond acceptors (Lipinski definition) is 4. The lowest BCUT2D eigenvalue weighted by Gasteiger charge is -2.56. The van der Waals surface area contributed by atoms with E-state index in [1.165, 1.54) is 75.3 Å². The van der Waals surface area contributed by atoms with Gasteiger partial charge in [-0.1, -0.05) is 18.2 Å².